The monoisotopic (exact) mass is 651 g/mol. The number of nitrogens with zero attached hydrogens (tertiary/aromatic N) is 1. The largest absolute Gasteiger partial charge is 0.497 e. The van der Waals surface area contributed by atoms with Gasteiger partial charge in [-0.05, 0) is 75.4 Å². The van der Waals surface area contributed by atoms with Gasteiger partial charge in [0.05, 0.1) is 46.0 Å². The van der Waals surface area contributed by atoms with Gasteiger partial charge < -0.3 is 23.7 Å². The predicted octanol–water partition coefficient (Wildman–Crippen LogP) is 6.88. The predicted molar refractivity (Wildman–Crippen MR) is 145 cm³/mol. The second-order valence-electron chi connectivity index (χ2n) is 9.51. The van der Waals surface area contributed by atoms with Crippen LogP contribution in [0, 0.1) is 3.57 Å². The van der Waals surface area contributed by atoms with Gasteiger partial charge in [-0.2, -0.15) is 0 Å². The summed E-state index contributed by atoms with van der Waals surface area (Å²) in [6.07, 6.45) is -0.556. The van der Waals surface area contributed by atoms with Gasteiger partial charge in [0.15, 0.2) is 0 Å². The third-order valence-electron chi connectivity index (χ3n) is 5.36. The Morgan fingerprint density at radius 1 is 1.06 bits per heavy atom. The van der Waals surface area contributed by atoms with Gasteiger partial charge in [0.2, 0.25) is 0 Å². The lowest BCUT2D eigenvalue weighted by Gasteiger charge is -2.35. The minimum atomic E-state index is -0.951. The number of hydrogen-bond acceptors (Lipinski definition) is 7. The fourth-order valence-corrected chi connectivity index (χ4v) is 5.23. The summed E-state index contributed by atoms with van der Waals surface area (Å²) >= 11 is 15.2. The van der Waals surface area contributed by atoms with E-state index in [0.717, 1.165) is 0 Å². The number of rotatable bonds is 5. The van der Waals surface area contributed by atoms with Gasteiger partial charge in [-0.3, -0.25) is 4.90 Å². The van der Waals surface area contributed by atoms with Crippen LogP contribution >= 0.6 is 45.8 Å². The zero-order valence-electron chi connectivity index (χ0n) is 21.0. The number of esters is 1. The molecule has 1 saturated heterocycles. The SMILES string of the molecule is COc1cc(OC)c(I)c(C(=O)Oc2cc(Cl)c([C@@H]3COC(C)(C)N3C(=O)OC(C)(C)C)c(Cl)c2)c1. The van der Waals surface area contributed by atoms with Gasteiger partial charge in [-0.25, -0.2) is 9.59 Å². The standard InChI is InChI=1S/C25H28Cl2INO7/c1-24(2,3)36-23(31)29-18(12-34-25(29,4)5)20-16(26)9-14(10-17(20)27)35-22(30)15-8-13(32-6)11-19(33-7)21(15)28/h8-11,18H,12H2,1-7H3/t18-/m0/s1. The summed E-state index contributed by atoms with van der Waals surface area (Å²) in [6.45, 7) is 9.04. The molecule has 0 unspecified atom stereocenters. The molecule has 1 amide bonds. The third kappa shape index (κ3) is 6.12. The molecule has 0 aliphatic carbocycles. The van der Waals surface area contributed by atoms with Crippen LogP contribution in [0.1, 0.15) is 56.6 Å². The Morgan fingerprint density at radius 2 is 1.67 bits per heavy atom. The molecule has 2 aromatic rings. The van der Waals surface area contributed by atoms with Gasteiger partial charge in [0.25, 0.3) is 0 Å². The lowest BCUT2D eigenvalue weighted by molar-refractivity contribution is -0.0626. The highest BCUT2D eigenvalue weighted by Gasteiger charge is 2.47. The Bertz CT molecular complexity index is 1160. The molecule has 0 bridgehead atoms. The molecule has 196 valence electrons. The van der Waals surface area contributed by atoms with Crippen LogP contribution < -0.4 is 14.2 Å². The van der Waals surface area contributed by atoms with E-state index in [1.165, 1.54) is 31.3 Å². The van der Waals surface area contributed by atoms with Crippen LogP contribution in [0.15, 0.2) is 24.3 Å². The van der Waals surface area contributed by atoms with Crippen molar-refractivity contribution in [1.82, 2.24) is 4.90 Å². The molecule has 0 radical (unpaired) electrons. The summed E-state index contributed by atoms with van der Waals surface area (Å²) < 4.78 is 28.2. The molecule has 0 spiro atoms. The average Bonchev–Trinajstić information content (AvgIpc) is 3.06. The van der Waals surface area contributed by atoms with E-state index in [2.05, 4.69) is 0 Å². The zero-order valence-corrected chi connectivity index (χ0v) is 24.7. The Morgan fingerprint density at radius 3 is 2.19 bits per heavy atom. The van der Waals surface area contributed by atoms with Crippen LogP contribution in [0.25, 0.3) is 0 Å². The highest BCUT2D eigenvalue weighted by molar-refractivity contribution is 14.1. The lowest BCUT2D eigenvalue weighted by Crippen LogP contribution is -2.47. The minimum absolute atomic E-state index is 0.137. The number of amides is 1. The van der Waals surface area contributed by atoms with Crippen molar-refractivity contribution in [2.45, 2.75) is 52.0 Å². The summed E-state index contributed by atoms with van der Waals surface area (Å²) in [5.41, 5.74) is -0.934. The quantitative estimate of drug-likeness (QED) is 0.198. The normalized spacial score (nSPS) is 17.1. The highest BCUT2D eigenvalue weighted by atomic mass is 127. The van der Waals surface area contributed by atoms with E-state index in [0.29, 0.717) is 20.6 Å². The maximum atomic E-state index is 13.0. The van der Waals surface area contributed by atoms with E-state index < -0.39 is 29.4 Å². The molecule has 1 aliphatic heterocycles. The van der Waals surface area contributed by atoms with Crippen LogP contribution in [0.5, 0.6) is 17.2 Å². The molecule has 0 aromatic heterocycles. The summed E-state index contributed by atoms with van der Waals surface area (Å²) in [6, 6.07) is 5.57. The van der Waals surface area contributed by atoms with Crippen molar-refractivity contribution in [1.29, 1.82) is 0 Å². The Labute approximate surface area is 234 Å². The summed E-state index contributed by atoms with van der Waals surface area (Å²) in [5.74, 6) is 0.409. The molecule has 0 saturated carbocycles. The third-order valence-corrected chi connectivity index (χ3v) is 7.10. The summed E-state index contributed by atoms with van der Waals surface area (Å²) in [5, 5.41) is 0.422. The molecule has 2 aromatic carbocycles. The number of benzene rings is 2. The van der Waals surface area contributed by atoms with Crippen molar-refractivity contribution < 1.29 is 33.3 Å². The smallest absolute Gasteiger partial charge is 0.413 e. The van der Waals surface area contributed by atoms with Crippen LogP contribution in [0.3, 0.4) is 0 Å². The second kappa shape index (κ2) is 10.8. The van der Waals surface area contributed by atoms with Crippen molar-refractivity contribution in [3.63, 3.8) is 0 Å². The number of carbonyl (C=O) groups excluding carboxylic acids is 2. The zero-order chi connectivity index (χ0) is 27.0. The van der Waals surface area contributed by atoms with Crippen LogP contribution in [-0.4, -0.2) is 49.1 Å². The van der Waals surface area contributed by atoms with E-state index in [4.69, 9.17) is 46.9 Å². The first kappa shape index (κ1) is 28.6. The Hall–Kier alpha value is -1.95. The summed E-state index contributed by atoms with van der Waals surface area (Å²) in [4.78, 5) is 27.5. The fourth-order valence-electron chi connectivity index (χ4n) is 3.76. The van der Waals surface area contributed by atoms with Crippen LogP contribution in [0.2, 0.25) is 10.0 Å². The first-order chi connectivity index (χ1) is 16.7. The number of halogens is 3. The van der Waals surface area contributed by atoms with Crippen LogP contribution in [-0.2, 0) is 9.47 Å². The van der Waals surface area contributed by atoms with E-state index in [9.17, 15) is 9.59 Å². The van der Waals surface area contributed by atoms with Crippen LogP contribution in [0.4, 0.5) is 4.79 Å². The molecule has 1 fully saturated rings. The topological polar surface area (TPSA) is 83.5 Å². The van der Waals surface area contributed by atoms with Gasteiger partial charge >= 0.3 is 12.1 Å². The second-order valence-corrected chi connectivity index (χ2v) is 11.4. The molecule has 36 heavy (non-hydrogen) atoms. The molecular formula is C25H28Cl2INO7. The number of hydrogen-bond donors (Lipinski definition) is 0. The highest BCUT2D eigenvalue weighted by Crippen LogP contribution is 2.44. The van der Waals surface area contributed by atoms with E-state index >= 15 is 0 Å². The lowest BCUT2D eigenvalue weighted by atomic mass is 10.0. The van der Waals surface area contributed by atoms with Crippen molar-refractivity contribution in [3.8, 4) is 17.2 Å². The molecular weight excluding hydrogens is 624 g/mol. The van der Waals surface area contributed by atoms with Gasteiger partial charge in [0.1, 0.15) is 28.6 Å². The number of carbonyl (C=O) groups is 2. The van der Waals surface area contributed by atoms with Crippen molar-refractivity contribution in [2.24, 2.45) is 0 Å². The first-order valence-corrected chi connectivity index (χ1v) is 12.8. The molecule has 8 nitrogen and oxygen atoms in total. The van der Waals surface area contributed by atoms with Gasteiger partial charge in [0, 0.05) is 11.6 Å². The number of methoxy groups -OCH3 is 2. The van der Waals surface area contributed by atoms with Gasteiger partial charge in [-0.1, -0.05) is 23.2 Å². The van der Waals surface area contributed by atoms with Gasteiger partial charge in [-0.15, -0.1) is 0 Å². The molecule has 1 aliphatic rings. The average molecular weight is 652 g/mol. The van der Waals surface area contributed by atoms with E-state index in [1.54, 1.807) is 46.8 Å². The Balaban J connectivity index is 1.93. The molecule has 3 rings (SSSR count). The molecule has 0 N–H and O–H groups in total. The molecule has 11 heteroatoms. The van der Waals surface area contributed by atoms with Crippen molar-refractivity contribution in [3.05, 3.63) is 49.0 Å². The summed E-state index contributed by atoms with van der Waals surface area (Å²) in [7, 11) is 2.99. The maximum absolute atomic E-state index is 13.0. The van der Waals surface area contributed by atoms with Crippen molar-refractivity contribution >= 4 is 57.9 Å². The van der Waals surface area contributed by atoms with E-state index in [-0.39, 0.29) is 28.0 Å². The maximum Gasteiger partial charge on any atom is 0.413 e. The van der Waals surface area contributed by atoms with E-state index in [1.807, 2.05) is 22.6 Å². The molecule has 1 atom stereocenters. The van der Waals surface area contributed by atoms with Crippen molar-refractivity contribution in [2.75, 3.05) is 20.8 Å². The first-order valence-electron chi connectivity index (χ1n) is 11.0. The Kier molecular flexibility index (Phi) is 8.59. The fraction of sp³-hybridized carbons (Fsp3) is 0.440. The minimum Gasteiger partial charge on any atom is -0.497 e. The number of ether oxygens (including phenoxy) is 5. The molecule has 1 heterocycles.